The summed E-state index contributed by atoms with van der Waals surface area (Å²) in [6.45, 7) is 5.59. The zero-order chi connectivity index (χ0) is 18.8. The molecule has 0 N–H and O–H groups in total. The minimum absolute atomic E-state index is 0.0339. The number of nitrogens with zero attached hydrogens (tertiary/aromatic N) is 3. The Morgan fingerprint density at radius 1 is 1.35 bits per heavy atom. The second-order valence-corrected chi connectivity index (χ2v) is 7.19. The van der Waals surface area contributed by atoms with E-state index in [1.54, 1.807) is 4.90 Å². The van der Waals surface area contributed by atoms with Gasteiger partial charge in [0.1, 0.15) is 11.5 Å². The Morgan fingerprint density at radius 3 is 2.62 bits per heavy atom. The van der Waals surface area contributed by atoms with Gasteiger partial charge in [0, 0.05) is 19.1 Å². The minimum atomic E-state index is -0.670. The van der Waals surface area contributed by atoms with Crippen LogP contribution in [-0.2, 0) is 4.74 Å². The topological polar surface area (TPSA) is 106 Å². The van der Waals surface area contributed by atoms with Crippen molar-refractivity contribution in [2.45, 2.75) is 45.2 Å². The van der Waals surface area contributed by atoms with Gasteiger partial charge in [-0.15, -0.1) is 0 Å². The first-order chi connectivity index (χ1) is 12.4. The fourth-order valence-electron chi connectivity index (χ4n) is 3.69. The number of amides is 2. The van der Waals surface area contributed by atoms with E-state index in [9.17, 15) is 19.7 Å². The SMILES string of the molecule is CC(C)C[C@@H]1COC(=O)N1C1CCN(C(=O)c2ccc([N+](=O)[O-])o2)CC1. The molecule has 142 valence electrons. The van der Waals surface area contributed by atoms with E-state index in [-0.39, 0.29) is 29.8 Å². The average molecular weight is 365 g/mol. The zero-order valence-corrected chi connectivity index (χ0v) is 14.9. The van der Waals surface area contributed by atoms with Gasteiger partial charge in [-0.1, -0.05) is 13.8 Å². The molecule has 0 spiro atoms. The van der Waals surface area contributed by atoms with Crippen molar-refractivity contribution in [3.05, 3.63) is 28.0 Å². The smallest absolute Gasteiger partial charge is 0.433 e. The van der Waals surface area contributed by atoms with Gasteiger partial charge in [0.25, 0.3) is 5.91 Å². The molecule has 2 amide bonds. The van der Waals surface area contributed by atoms with Crippen molar-refractivity contribution in [3.8, 4) is 0 Å². The molecule has 1 atom stereocenters. The summed E-state index contributed by atoms with van der Waals surface area (Å²) in [5.41, 5.74) is 0. The van der Waals surface area contributed by atoms with Crippen molar-refractivity contribution < 1.29 is 23.7 Å². The number of ether oxygens (including phenoxy) is 1. The number of piperidine rings is 1. The Labute approximate surface area is 151 Å². The Kier molecular flexibility index (Phi) is 5.15. The van der Waals surface area contributed by atoms with Gasteiger partial charge in [-0.05, 0) is 31.2 Å². The highest BCUT2D eigenvalue weighted by atomic mass is 16.6. The van der Waals surface area contributed by atoms with E-state index >= 15 is 0 Å². The van der Waals surface area contributed by atoms with Gasteiger partial charge in [-0.2, -0.15) is 0 Å². The Balaban J connectivity index is 1.60. The van der Waals surface area contributed by atoms with E-state index < -0.39 is 10.8 Å². The van der Waals surface area contributed by atoms with Crippen LogP contribution in [0.4, 0.5) is 10.7 Å². The number of nitro groups is 1. The Morgan fingerprint density at radius 2 is 2.04 bits per heavy atom. The second-order valence-electron chi connectivity index (χ2n) is 7.19. The maximum absolute atomic E-state index is 12.4. The van der Waals surface area contributed by atoms with E-state index in [1.165, 1.54) is 12.1 Å². The van der Waals surface area contributed by atoms with Crippen LogP contribution in [0.1, 0.15) is 43.7 Å². The predicted molar refractivity (Wildman–Crippen MR) is 90.7 cm³/mol. The lowest BCUT2D eigenvalue weighted by atomic mass is 9.98. The normalized spacial score (nSPS) is 21.3. The maximum atomic E-state index is 12.4. The minimum Gasteiger partial charge on any atom is -0.447 e. The van der Waals surface area contributed by atoms with Gasteiger partial charge in [-0.25, -0.2) is 4.79 Å². The molecule has 0 aromatic carbocycles. The van der Waals surface area contributed by atoms with Gasteiger partial charge in [0.2, 0.25) is 0 Å². The number of cyclic esters (lactones) is 1. The molecule has 3 heterocycles. The first kappa shape index (κ1) is 18.2. The highest BCUT2D eigenvalue weighted by Gasteiger charge is 2.40. The summed E-state index contributed by atoms with van der Waals surface area (Å²) in [6.07, 6.45) is 1.92. The zero-order valence-electron chi connectivity index (χ0n) is 14.9. The number of hydrogen-bond donors (Lipinski definition) is 0. The van der Waals surface area contributed by atoms with Crippen LogP contribution >= 0.6 is 0 Å². The summed E-state index contributed by atoms with van der Waals surface area (Å²) in [4.78, 5) is 38.0. The maximum Gasteiger partial charge on any atom is 0.433 e. The van der Waals surface area contributed by atoms with Crippen molar-refractivity contribution in [1.82, 2.24) is 9.80 Å². The lowest BCUT2D eigenvalue weighted by molar-refractivity contribution is -0.402. The van der Waals surface area contributed by atoms with Crippen LogP contribution in [0.15, 0.2) is 16.5 Å². The van der Waals surface area contributed by atoms with E-state index in [4.69, 9.17) is 9.15 Å². The molecule has 2 aliphatic heterocycles. The molecule has 0 radical (unpaired) electrons. The highest BCUT2D eigenvalue weighted by molar-refractivity contribution is 5.91. The first-order valence-electron chi connectivity index (χ1n) is 8.85. The Bertz CT molecular complexity index is 692. The molecule has 1 aromatic heterocycles. The molecular weight excluding hydrogens is 342 g/mol. The summed E-state index contributed by atoms with van der Waals surface area (Å²) in [5, 5.41) is 10.7. The molecule has 0 unspecified atom stereocenters. The fourth-order valence-corrected chi connectivity index (χ4v) is 3.69. The molecule has 3 rings (SSSR count). The monoisotopic (exact) mass is 365 g/mol. The number of likely N-dealkylation sites (tertiary alicyclic amines) is 1. The van der Waals surface area contributed by atoms with Gasteiger partial charge in [-0.3, -0.25) is 19.8 Å². The van der Waals surface area contributed by atoms with Gasteiger partial charge in [0.15, 0.2) is 5.76 Å². The largest absolute Gasteiger partial charge is 0.447 e. The number of carbonyl (C=O) groups excluding carboxylic acids is 2. The van der Waals surface area contributed by atoms with E-state index in [0.29, 0.717) is 38.5 Å². The van der Waals surface area contributed by atoms with Crippen molar-refractivity contribution in [1.29, 1.82) is 0 Å². The molecule has 2 saturated heterocycles. The van der Waals surface area contributed by atoms with Crippen LogP contribution in [0.2, 0.25) is 0 Å². The molecule has 2 aliphatic rings. The van der Waals surface area contributed by atoms with Crippen molar-refractivity contribution in [2.24, 2.45) is 5.92 Å². The third kappa shape index (κ3) is 3.66. The van der Waals surface area contributed by atoms with Crippen LogP contribution in [-0.4, -0.2) is 58.5 Å². The van der Waals surface area contributed by atoms with Crippen LogP contribution in [0.3, 0.4) is 0 Å². The quantitative estimate of drug-likeness (QED) is 0.586. The molecule has 0 bridgehead atoms. The fraction of sp³-hybridized carbons (Fsp3) is 0.647. The lowest BCUT2D eigenvalue weighted by Crippen LogP contribution is -2.50. The summed E-state index contributed by atoms with van der Waals surface area (Å²) in [7, 11) is 0. The molecule has 2 fully saturated rings. The Hall–Kier alpha value is -2.58. The van der Waals surface area contributed by atoms with Gasteiger partial charge >= 0.3 is 12.0 Å². The number of carbonyl (C=O) groups is 2. The summed E-state index contributed by atoms with van der Waals surface area (Å²) in [6, 6.07) is 2.63. The van der Waals surface area contributed by atoms with Crippen molar-refractivity contribution in [3.63, 3.8) is 0 Å². The number of hydrogen-bond acceptors (Lipinski definition) is 6. The summed E-state index contributed by atoms with van der Waals surface area (Å²) < 4.78 is 10.2. The van der Waals surface area contributed by atoms with Crippen molar-refractivity contribution in [2.75, 3.05) is 19.7 Å². The third-order valence-electron chi connectivity index (χ3n) is 4.87. The van der Waals surface area contributed by atoms with Crippen LogP contribution in [0.25, 0.3) is 0 Å². The summed E-state index contributed by atoms with van der Waals surface area (Å²) in [5.74, 6) is -0.374. The van der Waals surface area contributed by atoms with E-state index in [0.717, 1.165) is 6.42 Å². The first-order valence-corrected chi connectivity index (χ1v) is 8.85. The highest BCUT2D eigenvalue weighted by Crippen LogP contribution is 2.28. The molecule has 1 aromatic rings. The standard InChI is InChI=1S/C17H23N3O6/c1-11(2)9-13-10-25-17(22)19(13)12-5-7-18(8-6-12)16(21)14-3-4-15(26-14)20(23)24/h3-4,11-13H,5-10H2,1-2H3/t13-/m1/s1. The van der Waals surface area contributed by atoms with E-state index in [2.05, 4.69) is 13.8 Å². The third-order valence-corrected chi connectivity index (χ3v) is 4.87. The molecule has 0 aliphatic carbocycles. The number of furan rings is 1. The molecular formula is C17H23N3O6. The number of rotatable bonds is 5. The van der Waals surface area contributed by atoms with Crippen LogP contribution < -0.4 is 0 Å². The van der Waals surface area contributed by atoms with Gasteiger partial charge < -0.3 is 14.1 Å². The van der Waals surface area contributed by atoms with Crippen LogP contribution in [0.5, 0.6) is 0 Å². The second kappa shape index (κ2) is 7.35. The molecule has 9 nitrogen and oxygen atoms in total. The van der Waals surface area contributed by atoms with E-state index in [1.807, 2.05) is 4.90 Å². The molecule has 26 heavy (non-hydrogen) atoms. The molecule has 0 saturated carbocycles. The van der Waals surface area contributed by atoms with Crippen molar-refractivity contribution >= 4 is 17.9 Å². The van der Waals surface area contributed by atoms with Gasteiger partial charge in [0.05, 0.1) is 12.1 Å². The average Bonchev–Trinajstić information content (AvgIpc) is 3.22. The predicted octanol–water partition coefficient (Wildman–Crippen LogP) is 2.66. The summed E-state index contributed by atoms with van der Waals surface area (Å²) >= 11 is 0. The molecule has 9 heteroatoms. The van der Waals surface area contributed by atoms with Crippen LogP contribution in [0, 0.1) is 16.0 Å². The lowest BCUT2D eigenvalue weighted by Gasteiger charge is -2.37.